The van der Waals surface area contributed by atoms with Crippen LogP contribution in [0.5, 0.6) is 0 Å². The Labute approximate surface area is 54.5 Å². The molecule has 0 unspecified atom stereocenters. The standard InChI is InChI=1S/C5H10BBr/c1-5(6)3-2-4-7/h1-4,6H2. The highest BCUT2D eigenvalue weighted by molar-refractivity contribution is 9.09. The summed E-state index contributed by atoms with van der Waals surface area (Å²) in [7, 11) is 2.06. The van der Waals surface area contributed by atoms with E-state index in [1.807, 2.05) is 0 Å². The van der Waals surface area contributed by atoms with Gasteiger partial charge >= 0.3 is 0 Å². The minimum absolute atomic E-state index is 1.10. The van der Waals surface area contributed by atoms with E-state index in [2.05, 4.69) is 30.4 Å². The summed E-state index contributed by atoms with van der Waals surface area (Å²) in [4.78, 5) is 0. The summed E-state index contributed by atoms with van der Waals surface area (Å²) < 4.78 is 0. The zero-order valence-corrected chi connectivity index (χ0v) is 6.29. The average Bonchev–Trinajstić information content (AvgIpc) is 1.61. The second-order valence-electron chi connectivity index (χ2n) is 1.75. The van der Waals surface area contributed by atoms with Gasteiger partial charge in [-0.05, 0) is 12.8 Å². The molecule has 0 fully saturated rings. The number of alkyl halides is 1. The molecule has 0 aromatic rings. The Morgan fingerprint density at radius 2 is 2.29 bits per heavy atom. The molecule has 0 aliphatic carbocycles. The third kappa shape index (κ3) is 6.28. The maximum atomic E-state index is 3.77. The van der Waals surface area contributed by atoms with Crippen molar-refractivity contribution in [2.24, 2.45) is 0 Å². The van der Waals surface area contributed by atoms with E-state index in [-0.39, 0.29) is 0 Å². The molecule has 40 valence electrons. The Kier molecular flexibility index (Phi) is 4.62. The first-order valence-corrected chi connectivity index (χ1v) is 3.60. The van der Waals surface area contributed by atoms with Crippen LogP contribution in [0.25, 0.3) is 0 Å². The van der Waals surface area contributed by atoms with E-state index in [0.29, 0.717) is 0 Å². The highest BCUT2D eigenvalue weighted by Crippen LogP contribution is 1.98. The van der Waals surface area contributed by atoms with E-state index in [1.165, 1.54) is 11.9 Å². The van der Waals surface area contributed by atoms with Gasteiger partial charge in [-0.2, -0.15) is 0 Å². The second-order valence-corrected chi connectivity index (χ2v) is 2.54. The van der Waals surface area contributed by atoms with Crippen LogP contribution in [0.3, 0.4) is 0 Å². The summed E-state index contributed by atoms with van der Waals surface area (Å²) >= 11 is 3.34. The average molecular weight is 161 g/mol. The maximum absolute atomic E-state index is 3.77. The zero-order valence-electron chi connectivity index (χ0n) is 4.71. The van der Waals surface area contributed by atoms with Crippen LogP contribution in [-0.4, -0.2) is 13.2 Å². The molecule has 0 aliphatic rings. The van der Waals surface area contributed by atoms with Gasteiger partial charge in [-0.1, -0.05) is 15.9 Å². The van der Waals surface area contributed by atoms with Crippen molar-refractivity contribution in [2.75, 3.05) is 5.33 Å². The van der Waals surface area contributed by atoms with E-state index in [1.54, 1.807) is 0 Å². The van der Waals surface area contributed by atoms with Gasteiger partial charge < -0.3 is 0 Å². The van der Waals surface area contributed by atoms with Gasteiger partial charge in [0.15, 0.2) is 0 Å². The van der Waals surface area contributed by atoms with Crippen LogP contribution < -0.4 is 0 Å². The third-order valence-electron chi connectivity index (χ3n) is 0.737. The summed E-state index contributed by atoms with van der Waals surface area (Å²) in [6.07, 6.45) is 2.38. The lowest BCUT2D eigenvalue weighted by atomic mass is 9.94. The van der Waals surface area contributed by atoms with Gasteiger partial charge in [0.2, 0.25) is 0 Å². The first kappa shape index (κ1) is 7.28. The number of hydrogen-bond acceptors (Lipinski definition) is 0. The molecular formula is C5H10BBr. The molecule has 0 amide bonds. The second kappa shape index (κ2) is 4.44. The number of rotatable bonds is 3. The monoisotopic (exact) mass is 160 g/mol. The molecule has 0 bridgehead atoms. The Balaban J connectivity index is 2.82. The molecular weight excluding hydrogens is 151 g/mol. The van der Waals surface area contributed by atoms with Crippen molar-refractivity contribution < 1.29 is 0 Å². The molecule has 0 heterocycles. The Hall–Kier alpha value is 0.285. The lowest BCUT2D eigenvalue weighted by molar-refractivity contribution is 0.967. The normalized spacial score (nSPS) is 8.71. The molecule has 0 spiro atoms. The molecule has 7 heavy (non-hydrogen) atoms. The number of hydrogen-bond donors (Lipinski definition) is 0. The maximum Gasteiger partial charge on any atom is 0.133 e. The van der Waals surface area contributed by atoms with E-state index in [9.17, 15) is 0 Å². The first-order valence-electron chi connectivity index (χ1n) is 2.47. The SMILES string of the molecule is BC(=C)CCCBr. The van der Waals surface area contributed by atoms with Crippen LogP contribution in [0.15, 0.2) is 12.1 Å². The highest BCUT2D eigenvalue weighted by Gasteiger charge is 1.82. The van der Waals surface area contributed by atoms with Gasteiger partial charge in [0.1, 0.15) is 7.85 Å². The van der Waals surface area contributed by atoms with Crippen molar-refractivity contribution in [3.05, 3.63) is 12.1 Å². The Morgan fingerprint density at radius 1 is 1.71 bits per heavy atom. The van der Waals surface area contributed by atoms with E-state index < -0.39 is 0 Å². The Bertz CT molecular complexity index is 61.1. The topological polar surface area (TPSA) is 0 Å². The number of halogens is 1. The van der Waals surface area contributed by atoms with Crippen LogP contribution in [-0.2, 0) is 0 Å². The van der Waals surface area contributed by atoms with Crippen LogP contribution in [0.2, 0.25) is 0 Å². The Morgan fingerprint density at radius 3 is 2.43 bits per heavy atom. The van der Waals surface area contributed by atoms with Crippen molar-refractivity contribution >= 4 is 23.8 Å². The molecule has 0 N–H and O–H groups in total. The summed E-state index contributed by atoms with van der Waals surface area (Å²) in [6.45, 7) is 3.77. The fourth-order valence-corrected chi connectivity index (χ4v) is 0.649. The smallest absolute Gasteiger partial charge is 0.117 e. The predicted molar refractivity (Wildman–Crippen MR) is 40.7 cm³/mol. The first-order chi connectivity index (χ1) is 3.27. The van der Waals surface area contributed by atoms with E-state index >= 15 is 0 Å². The van der Waals surface area contributed by atoms with Gasteiger partial charge in [0.25, 0.3) is 0 Å². The highest BCUT2D eigenvalue weighted by atomic mass is 79.9. The molecule has 0 rings (SSSR count). The molecule has 0 aromatic heterocycles. The van der Waals surface area contributed by atoms with Crippen LogP contribution in [0.4, 0.5) is 0 Å². The van der Waals surface area contributed by atoms with Crippen molar-refractivity contribution in [3.8, 4) is 0 Å². The van der Waals surface area contributed by atoms with Crippen LogP contribution >= 0.6 is 15.9 Å². The zero-order chi connectivity index (χ0) is 5.70. The molecule has 0 atom stereocenters. The minimum Gasteiger partial charge on any atom is -0.117 e. The quantitative estimate of drug-likeness (QED) is 0.432. The summed E-state index contributed by atoms with van der Waals surface area (Å²) in [5.74, 6) is 0. The fraction of sp³-hybridized carbons (Fsp3) is 0.600. The van der Waals surface area contributed by atoms with Crippen LogP contribution in [0.1, 0.15) is 12.8 Å². The lowest BCUT2D eigenvalue weighted by Crippen LogP contribution is -1.79. The van der Waals surface area contributed by atoms with Crippen molar-refractivity contribution in [3.63, 3.8) is 0 Å². The van der Waals surface area contributed by atoms with Gasteiger partial charge in [0, 0.05) is 5.33 Å². The lowest BCUT2D eigenvalue weighted by Gasteiger charge is -1.91. The molecule has 0 radical (unpaired) electrons. The van der Waals surface area contributed by atoms with E-state index in [4.69, 9.17) is 0 Å². The van der Waals surface area contributed by atoms with Crippen molar-refractivity contribution in [2.45, 2.75) is 12.8 Å². The fourth-order valence-electron chi connectivity index (χ4n) is 0.369. The van der Waals surface area contributed by atoms with Crippen molar-refractivity contribution in [1.82, 2.24) is 0 Å². The van der Waals surface area contributed by atoms with Gasteiger partial charge in [-0.15, -0.1) is 12.1 Å². The summed E-state index contributed by atoms with van der Waals surface area (Å²) in [5, 5.41) is 1.10. The van der Waals surface area contributed by atoms with Gasteiger partial charge in [0.05, 0.1) is 0 Å². The minimum atomic E-state index is 1.10. The summed E-state index contributed by atoms with van der Waals surface area (Å²) in [5.41, 5.74) is 1.28. The molecule has 0 aliphatic heterocycles. The molecule has 0 saturated carbocycles. The molecule has 0 nitrogen and oxygen atoms in total. The third-order valence-corrected chi connectivity index (χ3v) is 1.30. The molecule has 0 saturated heterocycles. The largest absolute Gasteiger partial charge is 0.133 e. The van der Waals surface area contributed by atoms with Gasteiger partial charge in [-0.25, -0.2) is 0 Å². The van der Waals surface area contributed by atoms with Crippen molar-refractivity contribution in [1.29, 1.82) is 0 Å². The number of allylic oxidation sites excluding steroid dienone is 1. The predicted octanol–water partition coefficient (Wildman–Crippen LogP) is 1.31. The molecule has 0 aromatic carbocycles. The van der Waals surface area contributed by atoms with E-state index in [0.717, 1.165) is 11.8 Å². The molecule has 2 heteroatoms. The van der Waals surface area contributed by atoms with Gasteiger partial charge in [-0.3, -0.25) is 0 Å². The summed E-state index contributed by atoms with van der Waals surface area (Å²) in [6, 6.07) is 0. The van der Waals surface area contributed by atoms with Crippen LogP contribution in [0, 0.1) is 0 Å².